The molecule has 0 fully saturated rings. The number of ether oxygens (including phenoxy) is 2. The zero-order valence-electron chi connectivity index (χ0n) is 17.5. The summed E-state index contributed by atoms with van der Waals surface area (Å²) in [5.74, 6) is -1.63. The molecule has 0 saturated carbocycles. The summed E-state index contributed by atoms with van der Waals surface area (Å²) in [5.41, 5.74) is 0.653. The number of carbonyl (C=O) groups excluding carboxylic acids is 3. The minimum Gasteiger partial charge on any atom is -0.462 e. The maximum Gasteiger partial charge on any atom is 0.349 e. The Bertz CT molecular complexity index is 971. The van der Waals surface area contributed by atoms with Crippen molar-refractivity contribution in [3.8, 4) is 0 Å². The summed E-state index contributed by atoms with van der Waals surface area (Å²) in [4.78, 5) is 37.7. The van der Waals surface area contributed by atoms with Crippen LogP contribution in [0.3, 0.4) is 0 Å². The molecule has 1 N–H and O–H groups in total. The van der Waals surface area contributed by atoms with Crippen LogP contribution in [-0.4, -0.2) is 30.1 Å². The van der Waals surface area contributed by atoms with Crippen LogP contribution in [0.1, 0.15) is 58.9 Å². The molecule has 1 aromatic carbocycles. The highest BCUT2D eigenvalue weighted by Crippen LogP contribution is 2.35. The molecule has 160 valence electrons. The number of benzene rings is 1. The van der Waals surface area contributed by atoms with E-state index >= 15 is 0 Å². The average molecular weight is 450 g/mol. The lowest BCUT2D eigenvalue weighted by atomic mass is 10.1. The fourth-order valence-corrected chi connectivity index (χ4v) is 3.67. The number of rotatable bonds is 6. The molecule has 6 nitrogen and oxygen atoms in total. The molecule has 0 aliphatic rings. The molecule has 0 aliphatic carbocycles. The van der Waals surface area contributed by atoms with Crippen LogP contribution in [0.4, 0.5) is 5.00 Å². The van der Waals surface area contributed by atoms with E-state index in [1.807, 2.05) is 0 Å². The van der Waals surface area contributed by atoms with Crippen LogP contribution in [0.15, 0.2) is 30.3 Å². The van der Waals surface area contributed by atoms with Crippen molar-refractivity contribution in [3.63, 3.8) is 0 Å². The van der Waals surface area contributed by atoms with Crippen LogP contribution in [0.2, 0.25) is 5.02 Å². The van der Waals surface area contributed by atoms with Gasteiger partial charge in [0.2, 0.25) is 5.91 Å². The monoisotopic (exact) mass is 449 g/mol. The van der Waals surface area contributed by atoms with Gasteiger partial charge in [0.15, 0.2) is 0 Å². The van der Waals surface area contributed by atoms with E-state index in [0.29, 0.717) is 10.6 Å². The van der Waals surface area contributed by atoms with Gasteiger partial charge in [-0.25, -0.2) is 9.59 Å². The van der Waals surface area contributed by atoms with Crippen molar-refractivity contribution >= 4 is 51.9 Å². The van der Waals surface area contributed by atoms with E-state index in [2.05, 4.69) is 5.32 Å². The summed E-state index contributed by atoms with van der Waals surface area (Å²) in [6, 6.07) is 6.97. The number of anilines is 1. The van der Waals surface area contributed by atoms with Gasteiger partial charge in [-0.05, 0) is 64.0 Å². The Morgan fingerprint density at radius 2 is 1.77 bits per heavy atom. The predicted molar refractivity (Wildman–Crippen MR) is 119 cm³/mol. The number of hydrogen-bond acceptors (Lipinski definition) is 6. The number of esters is 2. The first kappa shape index (κ1) is 23.6. The van der Waals surface area contributed by atoms with E-state index < -0.39 is 23.4 Å². The highest BCUT2D eigenvalue weighted by atomic mass is 35.5. The van der Waals surface area contributed by atoms with E-state index in [9.17, 15) is 14.4 Å². The van der Waals surface area contributed by atoms with E-state index in [1.54, 1.807) is 65.0 Å². The topological polar surface area (TPSA) is 81.7 Å². The first-order valence-corrected chi connectivity index (χ1v) is 10.5. The lowest BCUT2D eigenvalue weighted by molar-refractivity contribution is -0.111. The van der Waals surface area contributed by atoms with Gasteiger partial charge in [-0.15, -0.1) is 11.3 Å². The minimum atomic E-state index is -0.692. The molecule has 8 heteroatoms. The molecule has 0 radical (unpaired) electrons. The van der Waals surface area contributed by atoms with E-state index in [4.69, 9.17) is 21.1 Å². The van der Waals surface area contributed by atoms with Crippen LogP contribution < -0.4 is 5.32 Å². The molecule has 0 saturated heterocycles. The standard InChI is InChI=1S/C22H24ClNO5S/c1-6-28-20(26)17-13(2)18(21(27)29-22(3,4)5)30-19(17)24-16(25)12-9-14-7-10-15(23)11-8-14/h7-12H,6H2,1-5H3,(H,24,25). The Hall–Kier alpha value is -2.64. The number of halogens is 1. The molecular formula is C22H24ClNO5S. The van der Waals surface area contributed by atoms with Crippen LogP contribution >= 0.6 is 22.9 Å². The van der Waals surface area contributed by atoms with Gasteiger partial charge in [0.25, 0.3) is 0 Å². The second-order valence-electron chi connectivity index (χ2n) is 7.36. The fraction of sp³-hybridized carbons (Fsp3) is 0.318. The Morgan fingerprint density at radius 3 is 2.33 bits per heavy atom. The van der Waals surface area contributed by atoms with Gasteiger partial charge in [0.05, 0.1) is 12.2 Å². The molecule has 0 spiro atoms. The molecule has 0 unspecified atom stereocenters. The molecule has 2 aromatic rings. The quantitative estimate of drug-likeness (QED) is 0.465. The molecule has 1 amide bonds. The number of amides is 1. The fourth-order valence-electron chi connectivity index (χ4n) is 2.47. The summed E-state index contributed by atoms with van der Waals surface area (Å²) in [7, 11) is 0. The van der Waals surface area contributed by atoms with Crippen molar-refractivity contribution in [1.82, 2.24) is 0 Å². The Kier molecular flexibility index (Phi) is 7.81. The van der Waals surface area contributed by atoms with Crippen molar-refractivity contribution in [2.45, 2.75) is 40.2 Å². The van der Waals surface area contributed by atoms with Gasteiger partial charge in [-0.1, -0.05) is 23.7 Å². The third-order valence-corrected chi connectivity index (χ3v) is 5.18. The molecular weight excluding hydrogens is 426 g/mol. The maximum absolute atomic E-state index is 12.5. The van der Waals surface area contributed by atoms with Crippen molar-refractivity contribution in [1.29, 1.82) is 0 Å². The molecule has 0 atom stereocenters. The van der Waals surface area contributed by atoms with E-state index in [0.717, 1.165) is 16.9 Å². The summed E-state index contributed by atoms with van der Waals surface area (Å²) in [5, 5.41) is 3.50. The molecule has 30 heavy (non-hydrogen) atoms. The highest BCUT2D eigenvalue weighted by molar-refractivity contribution is 7.18. The predicted octanol–water partition coefficient (Wildman–Crippen LogP) is 5.49. The van der Waals surface area contributed by atoms with Crippen LogP contribution in [0, 0.1) is 6.92 Å². The number of carbonyl (C=O) groups is 3. The van der Waals surface area contributed by atoms with Gasteiger partial charge >= 0.3 is 11.9 Å². The van der Waals surface area contributed by atoms with Crippen molar-refractivity contribution < 1.29 is 23.9 Å². The normalized spacial score (nSPS) is 11.4. The maximum atomic E-state index is 12.5. The van der Waals surface area contributed by atoms with Gasteiger partial charge in [-0.3, -0.25) is 4.79 Å². The van der Waals surface area contributed by atoms with Crippen molar-refractivity contribution in [2.24, 2.45) is 0 Å². The summed E-state index contributed by atoms with van der Waals surface area (Å²) in [6.45, 7) is 8.74. The number of hydrogen-bond donors (Lipinski definition) is 1. The lowest BCUT2D eigenvalue weighted by Crippen LogP contribution is -2.23. The molecule has 1 aromatic heterocycles. The van der Waals surface area contributed by atoms with Crippen LogP contribution in [0.5, 0.6) is 0 Å². The summed E-state index contributed by atoms with van der Waals surface area (Å²) in [6.07, 6.45) is 2.95. The van der Waals surface area contributed by atoms with Gasteiger partial charge < -0.3 is 14.8 Å². The first-order valence-electron chi connectivity index (χ1n) is 9.30. The zero-order chi connectivity index (χ0) is 22.5. The third-order valence-electron chi connectivity index (χ3n) is 3.74. The highest BCUT2D eigenvalue weighted by Gasteiger charge is 2.29. The number of nitrogens with one attached hydrogen (secondary N) is 1. The van der Waals surface area contributed by atoms with E-state index in [-0.39, 0.29) is 22.0 Å². The SMILES string of the molecule is CCOC(=O)c1c(NC(=O)C=Cc2ccc(Cl)cc2)sc(C(=O)OC(C)(C)C)c1C. The summed E-state index contributed by atoms with van der Waals surface area (Å²) < 4.78 is 10.5. The Labute approximate surface area is 184 Å². The first-order chi connectivity index (χ1) is 14.0. The molecule has 0 aliphatic heterocycles. The second kappa shape index (κ2) is 9.91. The average Bonchev–Trinajstić information content (AvgIpc) is 2.96. The molecule has 2 rings (SSSR count). The smallest absolute Gasteiger partial charge is 0.349 e. The van der Waals surface area contributed by atoms with Gasteiger partial charge in [0, 0.05) is 11.1 Å². The largest absolute Gasteiger partial charge is 0.462 e. The minimum absolute atomic E-state index is 0.149. The van der Waals surface area contributed by atoms with Crippen molar-refractivity contribution in [2.75, 3.05) is 11.9 Å². The Morgan fingerprint density at radius 1 is 1.13 bits per heavy atom. The zero-order valence-corrected chi connectivity index (χ0v) is 19.1. The molecule has 0 bridgehead atoms. The van der Waals surface area contributed by atoms with Crippen molar-refractivity contribution in [3.05, 3.63) is 56.9 Å². The van der Waals surface area contributed by atoms with Crippen LogP contribution in [0.25, 0.3) is 6.08 Å². The number of thiophene rings is 1. The summed E-state index contributed by atoms with van der Waals surface area (Å²) >= 11 is 6.84. The lowest BCUT2D eigenvalue weighted by Gasteiger charge is -2.19. The van der Waals surface area contributed by atoms with Gasteiger partial charge in [-0.2, -0.15) is 0 Å². The van der Waals surface area contributed by atoms with Gasteiger partial charge in [0.1, 0.15) is 15.5 Å². The second-order valence-corrected chi connectivity index (χ2v) is 8.81. The molecule has 1 heterocycles. The van der Waals surface area contributed by atoms with Crippen LogP contribution in [-0.2, 0) is 14.3 Å². The van der Waals surface area contributed by atoms with E-state index in [1.165, 1.54) is 6.08 Å². The Balaban J connectivity index is 2.31. The third kappa shape index (κ3) is 6.43.